The summed E-state index contributed by atoms with van der Waals surface area (Å²) in [5, 5.41) is 4.86. The van der Waals surface area contributed by atoms with Gasteiger partial charge < -0.3 is 9.42 Å². The van der Waals surface area contributed by atoms with Crippen LogP contribution in [0.1, 0.15) is 17.3 Å². The summed E-state index contributed by atoms with van der Waals surface area (Å²) in [6, 6.07) is 4.17. The van der Waals surface area contributed by atoms with E-state index in [2.05, 4.69) is 45.1 Å². The summed E-state index contributed by atoms with van der Waals surface area (Å²) < 4.78 is 7.23. The van der Waals surface area contributed by atoms with E-state index in [0.29, 0.717) is 18.3 Å². The molecule has 0 aliphatic carbocycles. The van der Waals surface area contributed by atoms with Crippen LogP contribution >= 0.6 is 27.3 Å². The van der Waals surface area contributed by atoms with E-state index in [9.17, 15) is 0 Å². The molecule has 7 heteroatoms. The first-order valence-corrected chi connectivity index (χ1v) is 7.71. The van der Waals surface area contributed by atoms with Crippen LogP contribution in [0.5, 0.6) is 0 Å². The van der Waals surface area contributed by atoms with Gasteiger partial charge in [-0.3, -0.25) is 0 Å². The third-order valence-electron chi connectivity index (χ3n) is 2.91. The lowest BCUT2D eigenvalue weighted by Crippen LogP contribution is -2.16. The topological polar surface area (TPSA) is 55.1 Å². The van der Waals surface area contributed by atoms with Crippen molar-refractivity contribution in [3.05, 3.63) is 33.9 Å². The molecule has 0 aliphatic rings. The molecule has 104 valence electrons. The Morgan fingerprint density at radius 2 is 2.10 bits per heavy atom. The molecule has 2 aromatic heterocycles. The van der Waals surface area contributed by atoms with Gasteiger partial charge in [0.1, 0.15) is 0 Å². The second-order valence-electron chi connectivity index (χ2n) is 4.65. The summed E-state index contributed by atoms with van der Waals surface area (Å²) in [4.78, 5) is 10.9. The molecule has 0 amide bonds. The van der Waals surface area contributed by atoms with Gasteiger partial charge in [-0.15, -0.1) is 0 Å². The number of fused-ring (bicyclic) bond motifs is 1. The lowest BCUT2D eigenvalue weighted by Gasteiger charge is -2.12. The van der Waals surface area contributed by atoms with E-state index >= 15 is 0 Å². The zero-order valence-corrected chi connectivity index (χ0v) is 13.7. The van der Waals surface area contributed by atoms with E-state index in [1.165, 1.54) is 10.3 Å². The van der Waals surface area contributed by atoms with E-state index in [0.717, 1.165) is 15.1 Å². The predicted molar refractivity (Wildman–Crippen MR) is 83.2 cm³/mol. The average Bonchev–Trinajstić information content (AvgIpc) is 2.95. The molecule has 0 N–H and O–H groups in total. The Bertz CT molecular complexity index is 767. The number of anilines is 1. The highest BCUT2D eigenvalue weighted by Gasteiger charge is 2.13. The zero-order chi connectivity index (χ0) is 14.3. The molecule has 2 heterocycles. The summed E-state index contributed by atoms with van der Waals surface area (Å²) in [6.07, 6.45) is 0. The van der Waals surface area contributed by atoms with Crippen LogP contribution in [0.15, 0.2) is 21.1 Å². The molecule has 3 rings (SSSR count). The third-order valence-corrected chi connectivity index (χ3v) is 4.49. The Morgan fingerprint density at radius 1 is 1.30 bits per heavy atom. The Labute approximate surface area is 128 Å². The molecule has 0 saturated carbocycles. The minimum absolute atomic E-state index is 0.581. The Hall–Kier alpha value is -1.47. The molecule has 0 unspecified atom stereocenters. The molecular weight excluding hydrogens is 340 g/mol. The van der Waals surface area contributed by atoms with Gasteiger partial charge in [-0.1, -0.05) is 32.4 Å². The van der Waals surface area contributed by atoms with Crippen LogP contribution in [0.2, 0.25) is 0 Å². The monoisotopic (exact) mass is 352 g/mol. The summed E-state index contributed by atoms with van der Waals surface area (Å²) in [5.74, 6) is 1.25. The molecule has 0 fully saturated rings. The van der Waals surface area contributed by atoms with Crippen molar-refractivity contribution in [3.8, 4) is 0 Å². The first-order valence-electron chi connectivity index (χ1n) is 6.10. The number of rotatable bonds is 3. The maximum Gasteiger partial charge on any atom is 0.223 e. The van der Waals surface area contributed by atoms with Gasteiger partial charge in [0.15, 0.2) is 11.0 Å². The van der Waals surface area contributed by atoms with E-state index in [-0.39, 0.29) is 0 Å². The maximum absolute atomic E-state index is 4.98. The van der Waals surface area contributed by atoms with Crippen LogP contribution in [-0.2, 0) is 6.54 Å². The van der Waals surface area contributed by atoms with Gasteiger partial charge in [-0.2, -0.15) is 4.98 Å². The zero-order valence-electron chi connectivity index (χ0n) is 11.3. The van der Waals surface area contributed by atoms with Gasteiger partial charge in [0.05, 0.1) is 16.8 Å². The van der Waals surface area contributed by atoms with E-state index < -0.39 is 0 Å². The van der Waals surface area contributed by atoms with Crippen molar-refractivity contribution in [1.29, 1.82) is 0 Å². The van der Waals surface area contributed by atoms with Gasteiger partial charge in [0.25, 0.3) is 0 Å². The molecule has 0 aliphatic heterocycles. The second kappa shape index (κ2) is 5.14. The number of halogens is 1. The molecule has 0 spiro atoms. The predicted octanol–water partition coefficient (Wildman–Crippen LogP) is 3.70. The van der Waals surface area contributed by atoms with Crippen molar-refractivity contribution < 1.29 is 4.52 Å². The number of benzene rings is 1. The molecule has 5 nitrogen and oxygen atoms in total. The fourth-order valence-corrected chi connectivity index (χ4v) is 3.76. The molecule has 20 heavy (non-hydrogen) atoms. The summed E-state index contributed by atoms with van der Waals surface area (Å²) in [5.41, 5.74) is 2.21. The molecule has 0 atom stereocenters. The van der Waals surface area contributed by atoms with Gasteiger partial charge >= 0.3 is 0 Å². The number of hydrogen-bond acceptors (Lipinski definition) is 6. The van der Waals surface area contributed by atoms with Crippen molar-refractivity contribution in [1.82, 2.24) is 15.1 Å². The van der Waals surface area contributed by atoms with Crippen LogP contribution < -0.4 is 4.90 Å². The first kappa shape index (κ1) is 13.5. The van der Waals surface area contributed by atoms with Gasteiger partial charge in [0, 0.05) is 18.4 Å². The fraction of sp³-hybridized carbons (Fsp3) is 0.308. The van der Waals surface area contributed by atoms with Crippen LogP contribution in [0.25, 0.3) is 10.2 Å². The standard InChI is InChI=1S/C13H13BrN4OS/c1-7-4-9(14)5-10-12(7)16-13(20-10)18(3)6-11-15-8(2)19-17-11/h4-5H,6H2,1-3H3. The molecule has 1 aromatic carbocycles. The Morgan fingerprint density at radius 3 is 2.80 bits per heavy atom. The van der Waals surface area contributed by atoms with Crippen molar-refractivity contribution in [3.63, 3.8) is 0 Å². The van der Waals surface area contributed by atoms with E-state index in [1.807, 2.05) is 11.9 Å². The molecule has 0 bridgehead atoms. The van der Waals surface area contributed by atoms with E-state index in [4.69, 9.17) is 9.51 Å². The third kappa shape index (κ3) is 2.55. The van der Waals surface area contributed by atoms with Crippen molar-refractivity contribution in [2.24, 2.45) is 0 Å². The Kier molecular flexibility index (Phi) is 3.47. The maximum atomic E-state index is 4.98. The van der Waals surface area contributed by atoms with Gasteiger partial charge in [-0.05, 0) is 24.6 Å². The lowest BCUT2D eigenvalue weighted by atomic mass is 10.2. The number of aromatic nitrogens is 3. The van der Waals surface area contributed by atoms with E-state index in [1.54, 1.807) is 18.3 Å². The summed E-state index contributed by atoms with van der Waals surface area (Å²) in [6.45, 7) is 4.44. The minimum Gasteiger partial charge on any atom is -0.343 e. The number of nitrogens with zero attached hydrogens (tertiary/aromatic N) is 4. The molecular formula is C13H13BrN4OS. The normalized spacial score (nSPS) is 11.2. The van der Waals surface area contributed by atoms with Crippen LogP contribution in [0.3, 0.4) is 0 Å². The van der Waals surface area contributed by atoms with Crippen LogP contribution in [0.4, 0.5) is 5.13 Å². The number of thiazole rings is 1. The van der Waals surface area contributed by atoms with Gasteiger partial charge in [0.2, 0.25) is 5.89 Å². The van der Waals surface area contributed by atoms with Crippen molar-refractivity contribution in [2.45, 2.75) is 20.4 Å². The average molecular weight is 353 g/mol. The summed E-state index contributed by atoms with van der Waals surface area (Å²) >= 11 is 5.18. The number of aryl methyl sites for hydroxylation is 2. The highest BCUT2D eigenvalue weighted by atomic mass is 79.9. The highest BCUT2D eigenvalue weighted by Crippen LogP contribution is 2.32. The SMILES string of the molecule is Cc1nc(CN(C)c2nc3c(C)cc(Br)cc3s2)no1. The molecule has 0 saturated heterocycles. The van der Waals surface area contributed by atoms with Gasteiger partial charge in [-0.25, -0.2) is 4.98 Å². The molecule has 3 aromatic rings. The quantitative estimate of drug-likeness (QED) is 0.719. The van der Waals surface area contributed by atoms with Crippen LogP contribution in [-0.4, -0.2) is 22.2 Å². The van der Waals surface area contributed by atoms with Crippen molar-refractivity contribution in [2.75, 3.05) is 11.9 Å². The fourth-order valence-electron chi connectivity index (χ4n) is 1.99. The smallest absolute Gasteiger partial charge is 0.223 e. The first-order chi connectivity index (χ1) is 9.52. The largest absolute Gasteiger partial charge is 0.343 e. The summed E-state index contributed by atoms with van der Waals surface area (Å²) in [7, 11) is 1.98. The van der Waals surface area contributed by atoms with Crippen molar-refractivity contribution >= 4 is 42.6 Å². The Balaban J connectivity index is 1.91. The highest BCUT2D eigenvalue weighted by molar-refractivity contribution is 9.10. The second-order valence-corrected chi connectivity index (χ2v) is 6.58. The molecule has 0 radical (unpaired) electrons. The lowest BCUT2D eigenvalue weighted by molar-refractivity contribution is 0.387. The van der Waals surface area contributed by atoms with Crippen LogP contribution in [0, 0.1) is 13.8 Å². The minimum atomic E-state index is 0.581. The number of hydrogen-bond donors (Lipinski definition) is 0.